The molecule has 7 heteroatoms. The molecular formula is C18H18N2O4S. The van der Waals surface area contributed by atoms with Crippen LogP contribution in [0.15, 0.2) is 51.0 Å². The Morgan fingerprint density at radius 3 is 2.80 bits per heavy atom. The molecule has 0 aliphatic rings. The van der Waals surface area contributed by atoms with E-state index in [1.54, 1.807) is 16.7 Å². The molecule has 0 atom stereocenters. The van der Waals surface area contributed by atoms with Gasteiger partial charge in [0, 0.05) is 17.4 Å². The van der Waals surface area contributed by atoms with Crippen LogP contribution in [-0.4, -0.2) is 22.6 Å². The summed E-state index contributed by atoms with van der Waals surface area (Å²) in [6.07, 6.45) is 1.45. The Kier molecular flexibility index (Phi) is 4.94. The topological polar surface area (TPSA) is 74.3 Å². The Morgan fingerprint density at radius 2 is 2.08 bits per heavy atom. The Bertz CT molecular complexity index is 975. The lowest BCUT2D eigenvalue weighted by molar-refractivity contribution is 0.0564. The van der Waals surface area contributed by atoms with Gasteiger partial charge in [-0.05, 0) is 32.0 Å². The molecule has 0 saturated heterocycles. The number of benzene rings is 1. The van der Waals surface area contributed by atoms with E-state index in [9.17, 15) is 9.59 Å². The van der Waals surface area contributed by atoms with E-state index in [-0.39, 0.29) is 17.4 Å². The molecular weight excluding hydrogens is 340 g/mol. The minimum atomic E-state index is -0.520. The van der Waals surface area contributed by atoms with E-state index in [0.717, 1.165) is 0 Å². The molecule has 0 radical (unpaired) electrons. The van der Waals surface area contributed by atoms with Gasteiger partial charge in [-0.1, -0.05) is 23.9 Å². The van der Waals surface area contributed by atoms with E-state index in [0.29, 0.717) is 27.4 Å². The van der Waals surface area contributed by atoms with Crippen LogP contribution in [0, 0.1) is 0 Å². The molecule has 0 unspecified atom stereocenters. The van der Waals surface area contributed by atoms with Crippen LogP contribution in [0.25, 0.3) is 10.9 Å². The Balaban J connectivity index is 1.99. The summed E-state index contributed by atoms with van der Waals surface area (Å²) < 4.78 is 11.6. The average Bonchev–Trinajstić information content (AvgIpc) is 3.07. The summed E-state index contributed by atoms with van der Waals surface area (Å²) >= 11 is 1.39. The van der Waals surface area contributed by atoms with Crippen LogP contribution in [-0.2, 0) is 10.5 Å². The number of hydrogen-bond acceptors (Lipinski definition) is 6. The van der Waals surface area contributed by atoms with Crippen LogP contribution >= 0.6 is 11.8 Å². The van der Waals surface area contributed by atoms with Crippen LogP contribution in [0.2, 0.25) is 0 Å². The number of esters is 1. The third kappa shape index (κ3) is 3.32. The second-order valence-corrected chi connectivity index (χ2v) is 6.68. The summed E-state index contributed by atoms with van der Waals surface area (Å²) in [4.78, 5) is 29.1. The first-order chi connectivity index (χ1) is 12.0. The minimum absolute atomic E-state index is 0.0310. The Labute approximate surface area is 148 Å². The highest BCUT2D eigenvalue weighted by atomic mass is 32.2. The van der Waals surface area contributed by atoms with Crippen molar-refractivity contribution in [3.05, 3.63) is 58.3 Å². The van der Waals surface area contributed by atoms with Gasteiger partial charge in [0.1, 0.15) is 0 Å². The molecule has 6 nitrogen and oxygen atoms in total. The molecule has 0 spiro atoms. The molecule has 2 heterocycles. The monoisotopic (exact) mass is 358 g/mol. The fourth-order valence-electron chi connectivity index (χ4n) is 2.55. The van der Waals surface area contributed by atoms with Crippen LogP contribution < -0.4 is 5.56 Å². The average molecular weight is 358 g/mol. The van der Waals surface area contributed by atoms with Gasteiger partial charge in [-0.3, -0.25) is 9.36 Å². The highest BCUT2D eigenvalue weighted by molar-refractivity contribution is 7.98. The number of para-hydroxylation sites is 1. The summed E-state index contributed by atoms with van der Waals surface area (Å²) in [5.74, 6) is 0.0980. The zero-order chi connectivity index (χ0) is 18.0. The van der Waals surface area contributed by atoms with Gasteiger partial charge < -0.3 is 9.15 Å². The van der Waals surface area contributed by atoms with Crippen molar-refractivity contribution >= 4 is 28.6 Å². The van der Waals surface area contributed by atoms with Crippen molar-refractivity contribution in [3.63, 3.8) is 0 Å². The number of aromatic nitrogens is 2. The maximum atomic E-state index is 12.8. The minimum Gasteiger partial charge on any atom is -0.463 e. The van der Waals surface area contributed by atoms with E-state index in [4.69, 9.17) is 9.15 Å². The van der Waals surface area contributed by atoms with E-state index in [1.807, 2.05) is 32.0 Å². The first kappa shape index (κ1) is 17.3. The van der Waals surface area contributed by atoms with Gasteiger partial charge in [-0.25, -0.2) is 9.78 Å². The van der Waals surface area contributed by atoms with Crippen molar-refractivity contribution < 1.29 is 13.9 Å². The number of nitrogens with zero attached hydrogens (tertiary/aromatic N) is 2. The molecule has 1 aromatic carbocycles. The zero-order valence-electron chi connectivity index (χ0n) is 14.2. The second kappa shape index (κ2) is 7.14. The number of carbonyl (C=O) groups excluding carboxylic acids is 1. The number of hydrogen-bond donors (Lipinski definition) is 0. The predicted molar refractivity (Wildman–Crippen MR) is 96.0 cm³/mol. The number of ether oxygens (including phenoxy) is 1. The lowest BCUT2D eigenvalue weighted by Crippen LogP contribution is -2.25. The Morgan fingerprint density at radius 1 is 1.32 bits per heavy atom. The van der Waals surface area contributed by atoms with Gasteiger partial charge in [-0.2, -0.15) is 0 Å². The summed E-state index contributed by atoms with van der Waals surface area (Å²) in [5, 5.41) is 1.20. The lowest BCUT2D eigenvalue weighted by atomic mass is 10.2. The third-order valence-electron chi connectivity index (χ3n) is 3.77. The molecule has 2 aromatic heterocycles. The summed E-state index contributed by atoms with van der Waals surface area (Å²) in [7, 11) is 1.31. The standard InChI is InChI=1S/C18H18N2O4S/c1-11(2)20-16(21)13-6-4-5-7-14(13)19-18(20)25-10-12-8-9-24-15(12)17(22)23-3/h4-9,11H,10H2,1-3H3. The summed E-state index contributed by atoms with van der Waals surface area (Å²) in [6, 6.07) is 8.98. The number of methoxy groups -OCH3 is 1. The zero-order valence-corrected chi connectivity index (χ0v) is 15.0. The normalized spacial score (nSPS) is 11.2. The van der Waals surface area contributed by atoms with Crippen LogP contribution in [0.4, 0.5) is 0 Å². The van der Waals surface area contributed by atoms with Gasteiger partial charge >= 0.3 is 5.97 Å². The van der Waals surface area contributed by atoms with Gasteiger partial charge in [0.2, 0.25) is 5.76 Å². The molecule has 0 amide bonds. The number of rotatable bonds is 5. The fraction of sp³-hybridized carbons (Fsp3) is 0.278. The smallest absolute Gasteiger partial charge is 0.374 e. The van der Waals surface area contributed by atoms with Gasteiger partial charge in [0.25, 0.3) is 5.56 Å². The van der Waals surface area contributed by atoms with Crippen molar-refractivity contribution in [2.75, 3.05) is 7.11 Å². The molecule has 0 fully saturated rings. The number of thioether (sulfide) groups is 1. The molecule has 25 heavy (non-hydrogen) atoms. The van der Waals surface area contributed by atoms with Crippen LogP contribution in [0.1, 0.15) is 36.0 Å². The van der Waals surface area contributed by atoms with E-state index >= 15 is 0 Å². The summed E-state index contributed by atoms with van der Waals surface area (Å²) in [6.45, 7) is 3.89. The van der Waals surface area contributed by atoms with Crippen LogP contribution in [0.5, 0.6) is 0 Å². The van der Waals surface area contributed by atoms with Crippen molar-refractivity contribution in [2.45, 2.75) is 30.8 Å². The molecule has 3 rings (SSSR count). The van der Waals surface area contributed by atoms with Gasteiger partial charge in [0.05, 0.1) is 24.3 Å². The molecule has 0 aliphatic carbocycles. The van der Waals surface area contributed by atoms with Crippen molar-refractivity contribution in [1.82, 2.24) is 9.55 Å². The molecule has 0 N–H and O–H groups in total. The van der Waals surface area contributed by atoms with Crippen molar-refractivity contribution in [3.8, 4) is 0 Å². The summed E-state index contributed by atoms with van der Waals surface area (Å²) in [5.41, 5.74) is 1.30. The predicted octanol–water partition coefficient (Wildman–Crippen LogP) is 3.65. The molecule has 130 valence electrons. The van der Waals surface area contributed by atoms with E-state index < -0.39 is 5.97 Å². The maximum absolute atomic E-state index is 12.8. The fourth-order valence-corrected chi connectivity index (χ4v) is 3.65. The second-order valence-electron chi connectivity index (χ2n) is 5.74. The van der Waals surface area contributed by atoms with Crippen molar-refractivity contribution in [2.24, 2.45) is 0 Å². The molecule has 0 saturated carbocycles. The highest BCUT2D eigenvalue weighted by Gasteiger charge is 2.18. The van der Waals surface area contributed by atoms with Crippen LogP contribution in [0.3, 0.4) is 0 Å². The number of furan rings is 1. The third-order valence-corrected chi connectivity index (χ3v) is 4.77. The first-order valence-corrected chi connectivity index (χ1v) is 8.80. The van der Waals surface area contributed by atoms with E-state index in [2.05, 4.69) is 4.98 Å². The van der Waals surface area contributed by atoms with Gasteiger partial charge in [0.15, 0.2) is 5.16 Å². The van der Waals surface area contributed by atoms with Gasteiger partial charge in [-0.15, -0.1) is 0 Å². The largest absolute Gasteiger partial charge is 0.463 e. The van der Waals surface area contributed by atoms with E-state index in [1.165, 1.54) is 25.1 Å². The molecule has 3 aromatic rings. The quantitative estimate of drug-likeness (QED) is 0.394. The maximum Gasteiger partial charge on any atom is 0.374 e. The SMILES string of the molecule is COC(=O)c1occc1CSc1nc2ccccc2c(=O)n1C(C)C. The van der Waals surface area contributed by atoms with Crippen molar-refractivity contribution in [1.29, 1.82) is 0 Å². The Hall–Kier alpha value is -2.54. The molecule has 0 aliphatic heterocycles. The lowest BCUT2D eigenvalue weighted by Gasteiger charge is -2.16. The number of fused-ring (bicyclic) bond motifs is 1. The number of carbonyl (C=O) groups is 1. The highest BCUT2D eigenvalue weighted by Crippen LogP contribution is 2.26. The molecule has 0 bridgehead atoms. The first-order valence-electron chi connectivity index (χ1n) is 7.81.